The molecule has 2 heterocycles. The zero-order valence-corrected chi connectivity index (χ0v) is 37.6. The number of amides is 4. The molecular formula is C42H60F4N6O9S. The molecule has 3 N–H and O–H groups in total. The maximum absolute atomic E-state index is 14.9. The zero-order valence-electron chi connectivity index (χ0n) is 36.8. The van der Waals surface area contributed by atoms with Crippen molar-refractivity contribution in [2.45, 2.75) is 134 Å². The third-order valence-corrected chi connectivity index (χ3v) is 14.7. The van der Waals surface area contributed by atoms with E-state index in [0.717, 1.165) is 23.1 Å². The summed E-state index contributed by atoms with van der Waals surface area (Å²) in [7, 11) is -1.08. The van der Waals surface area contributed by atoms with Crippen molar-refractivity contribution < 1.29 is 59.4 Å². The minimum absolute atomic E-state index is 0.0307. The second kappa shape index (κ2) is 18.2. The van der Waals surface area contributed by atoms with E-state index in [2.05, 4.69) is 10.6 Å². The number of rotatable bonds is 19. The Morgan fingerprint density at radius 1 is 1.10 bits per heavy atom. The number of pyridine rings is 1. The van der Waals surface area contributed by atoms with Crippen LogP contribution in [0.4, 0.5) is 28.2 Å². The summed E-state index contributed by atoms with van der Waals surface area (Å²) < 4.78 is 98.4. The molecule has 1 aromatic carbocycles. The molecule has 2 aromatic rings. The molecule has 2 saturated carbocycles. The molecule has 346 valence electrons. The molecule has 0 spiro atoms. The molecule has 1 saturated heterocycles. The van der Waals surface area contributed by atoms with Crippen molar-refractivity contribution in [3.05, 3.63) is 24.3 Å². The highest BCUT2D eigenvalue weighted by Gasteiger charge is 2.63. The van der Waals surface area contributed by atoms with Gasteiger partial charge in [0, 0.05) is 25.4 Å². The number of aromatic nitrogens is 1. The van der Waals surface area contributed by atoms with Crippen LogP contribution in [0.3, 0.4) is 0 Å². The standard InChI is InChI=1S/C42H60F4N6O9S/c1-10-12-24(3)17-25(4)33(48-38(56)61-39(6,7)42(44,45)46)36(54)52-22-29(60-35-30-14-13-28(59-9)18-27(30)19-32(47-35)51(8)11-2)20-31(52)34(53)49-41(21-26(41)5)37(55)50-62(57,58)40(23-43)15-16-40/h13-14,18-19,24-26,29,31,33H,10-12,15-17,20-23H2,1-9H3,(H,48,56)(H,49,53)(H,50,55)/t24-,25-,26-,29-,31+,33+,41-/m1/s1. The number of fused-ring (bicyclic) bond motifs is 1. The molecule has 15 nitrogen and oxygen atoms in total. The van der Waals surface area contributed by atoms with Gasteiger partial charge < -0.3 is 34.6 Å². The van der Waals surface area contributed by atoms with Gasteiger partial charge in [-0.25, -0.2) is 17.6 Å². The number of nitrogens with zero attached hydrogens (tertiary/aromatic N) is 3. The third kappa shape index (κ3) is 10.1. The van der Waals surface area contributed by atoms with E-state index in [9.17, 15) is 45.2 Å². The van der Waals surface area contributed by atoms with Crippen LogP contribution >= 0.6 is 0 Å². The molecule has 62 heavy (non-hydrogen) atoms. The van der Waals surface area contributed by atoms with E-state index in [4.69, 9.17) is 19.2 Å². The molecule has 0 bridgehead atoms. The fourth-order valence-electron chi connectivity index (χ4n) is 7.96. The predicted molar refractivity (Wildman–Crippen MR) is 223 cm³/mol. The van der Waals surface area contributed by atoms with Crippen LogP contribution in [-0.4, -0.2) is 116 Å². The number of anilines is 1. The van der Waals surface area contributed by atoms with Gasteiger partial charge in [-0.3, -0.25) is 19.1 Å². The molecule has 3 fully saturated rings. The number of nitrogens with one attached hydrogen (secondary N) is 3. The quantitative estimate of drug-likeness (QED) is 0.145. The van der Waals surface area contributed by atoms with E-state index in [1.165, 1.54) is 7.11 Å². The van der Waals surface area contributed by atoms with E-state index in [-0.39, 0.29) is 44.0 Å². The van der Waals surface area contributed by atoms with Crippen LogP contribution in [0.25, 0.3) is 10.8 Å². The Morgan fingerprint density at radius 2 is 1.76 bits per heavy atom. The predicted octanol–water partition coefficient (Wildman–Crippen LogP) is 5.79. The molecule has 2 aliphatic carbocycles. The largest absolute Gasteiger partial charge is 0.497 e. The van der Waals surface area contributed by atoms with Gasteiger partial charge in [0.1, 0.15) is 46.7 Å². The second-order valence-electron chi connectivity index (χ2n) is 17.8. The van der Waals surface area contributed by atoms with E-state index in [1.807, 2.05) is 43.5 Å². The van der Waals surface area contributed by atoms with Crippen molar-refractivity contribution in [3.63, 3.8) is 0 Å². The van der Waals surface area contributed by atoms with Crippen molar-refractivity contribution in [2.75, 3.05) is 38.8 Å². The summed E-state index contributed by atoms with van der Waals surface area (Å²) >= 11 is 0. The summed E-state index contributed by atoms with van der Waals surface area (Å²) in [6.07, 6.45) is -5.50. The number of ether oxygens (including phenoxy) is 3. The average Bonchev–Trinajstić information content (AvgIpc) is 4.09. The Morgan fingerprint density at radius 3 is 2.31 bits per heavy atom. The minimum Gasteiger partial charge on any atom is -0.497 e. The number of benzene rings is 1. The van der Waals surface area contributed by atoms with Crippen LogP contribution in [-0.2, 0) is 29.1 Å². The fourth-order valence-corrected chi connectivity index (χ4v) is 9.39. The first-order valence-electron chi connectivity index (χ1n) is 21.1. The lowest BCUT2D eigenvalue weighted by molar-refractivity contribution is -0.244. The summed E-state index contributed by atoms with van der Waals surface area (Å²) in [6.45, 7) is 9.64. The molecule has 4 amide bonds. The van der Waals surface area contributed by atoms with Gasteiger partial charge in [-0.1, -0.05) is 40.5 Å². The lowest BCUT2D eigenvalue weighted by atomic mass is 9.88. The van der Waals surface area contributed by atoms with E-state index < -0.39 is 92.6 Å². The Balaban J connectivity index is 1.52. The topological polar surface area (TPSA) is 186 Å². The number of hydrogen-bond donors (Lipinski definition) is 3. The number of carbonyl (C=O) groups excluding carboxylic acids is 4. The average molecular weight is 901 g/mol. The first-order valence-corrected chi connectivity index (χ1v) is 22.5. The highest BCUT2D eigenvalue weighted by Crippen LogP contribution is 2.47. The van der Waals surface area contributed by atoms with Crippen molar-refractivity contribution >= 4 is 50.4 Å². The molecule has 1 aliphatic heterocycles. The van der Waals surface area contributed by atoms with Gasteiger partial charge >= 0.3 is 12.3 Å². The number of alkyl halides is 4. The van der Waals surface area contributed by atoms with Crippen LogP contribution in [0.1, 0.15) is 93.4 Å². The molecule has 1 aromatic heterocycles. The lowest BCUT2D eigenvalue weighted by Crippen LogP contribution is -2.60. The van der Waals surface area contributed by atoms with Crippen molar-refractivity contribution in [1.29, 1.82) is 0 Å². The van der Waals surface area contributed by atoms with E-state index >= 15 is 0 Å². The lowest BCUT2D eigenvalue weighted by Gasteiger charge is -2.34. The number of likely N-dealkylation sites (tertiary alicyclic amines) is 1. The van der Waals surface area contributed by atoms with Crippen molar-refractivity contribution in [3.8, 4) is 11.6 Å². The van der Waals surface area contributed by atoms with Crippen LogP contribution in [0.5, 0.6) is 11.6 Å². The fraction of sp³-hybridized carbons (Fsp3) is 0.690. The molecule has 0 radical (unpaired) electrons. The molecule has 0 unspecified atom stereocenters. The van der Waals surface area contributed by atoms with Crippen LogP contribution in [0.2, 0.25) is 0 Å². The first-order chi connectivity index (χ1) is 28.9. The smallest absolute Gasteiger partial charge is 0.427 e. The summed E-state index contributed by atoms with van der Waals surface area (Å²) in [4.78, 5) is 64.1. The third-order valence-electron chi connectivity index (χ3n) is 12.6. The van der Waals surface area contributed by atoms with Gasteiger partial charge in [-0.2, -0.15) is 18.2 Å². The number of sulfonamides is 1. The van der Waals surface area contributed by atoms with Gasteiger partial charge in [-0.05, 0) is 93.9 Å². The van der Waals surface area contributed by atoms with Crippen LogP contribution < -0.4 is 29.7 Å². The Kier molecular flexibility index (Phi) is 14.2. The minimum atomic E-state index is -4.94. The Hall–Kier alpha value is -4.62. The van der Waals surface area contributed by atoms with E-state index in [1.54, 1.807) is 32.0 Å². The zero-order chi connectivity index (χ0) is 46.2. The number of carbonyl (C=O) groups is 4. The molecule has 5 rings (SSSR count). The van der Waals surface area contributed by atoms with E-state index in [0.29, 0.717) is 43.8 Å². The van der Waals surface area contributed by atoms with Crippen LogP contribution in [0.15, 0.2) is 24.3 Å². The molecule has 3 aliphatic rings. The maximum atomic E-state index is 14.9. The van der Waals surface area contributed by atoms with Gasteiger partial charge in [0.15, 0.2) is 0 Å². The first kappa shape index (κ1) is 48.4. The molecule has 7 atom stereocenters. The summed E-state index contributed by atoms with van der Waals surface area (Å²) in [5.41, 5.74) is -4.63. The number of hydrogen-bond acceptors (Lipinski definition) is 11. The van der Waals surface area contributed by atoms with Crippen LogP contribution in [0, 0.1) is 17.8 Å². The van der Waals surface area contributed by atoms with Crippen molar-refractivity contribution in [2.24, 2.45) is 17.8 Å². The number of alkyl carbamates (subject to hydrolysis) is 1. The Labute approximate surface area is 360 Å². The van der Waals surface area contributed by atoms with Crippen molar-refractivity contribution in [1.82, 2.24) is 25.2 Å². The van der Waals surface area contributed by atoms with Gasteiger partial charge in [0.2, 0.25) is 33.3 Å². The Bertz CT molecular complexity index is 2120. The molecular weight excluding hydrogens is 841 g/mol. The van der Waals surface area contributed by atoms with Gasteiger partial charge in [0.05, 0.1) is 13.7 Å². The SMILES string of the molecule is CCC[C@@H](C)C[C@@H](C)[C@H](NC(=O)OC(C)(C)C(F)(F)F)C(=O)N1C[C@H](Oc2nc(N(C)CC)cc3cc(OC)ccc23)C[C@H]1C(=O)N[C@]1(C(=O)NS(=O)(=O)C2(CF)CC2)C[C@H]1C. The summed E-state index contributed by atoms with van der Waals surface area (Å²) in [6, 6.07) is 4.26. The maximum Gasteiger partial charge on any atom is 0.427 e. The molecule has 20 heteroatoms. The number of halogens is 4. The van der Waals surface area contributed by atoms with Gasteiger partial charge in [0.25, 0.3) is 5.91 Å². The summed E-state index contributed by atoms with van der Waals surface area (Å²) in [5, 5.41) is 6.37. The normalized spacial score (nSPS) is 23.4. The second-order valence-corrected chi connectivity index (χ2v) is 19.9. The number of methoxy groups -OCH3 is 1. The highest BCUT2D eigenvalue weighted by atomic mass is 32.2. The highest BCUT2D eigenvalue weighted by molar-refractivity contribution is 7.91. The summed E-state index contributed by atoms with van der Waals surface area (Å²) in [5.74, 6) is -2.60. The monoisotopic (exact) mass is 900 g/mol. The van der Waals surface area contributed by atoms with Gasteiger partial charge in [-0.15, -0.1) is 0 Å².